The van der Waals surface area contributed by atoms with Crippen molar-refractivity contribution in [2.75, 3.05) is 5.32 Å². The normalized spacial score (nSPS) is 10.7. The van der Waals surface area contributed by atoms with Crippen molar-refractivity contribution in [3.05, 3.63) is 66.6 Å². The summed E-state index contributed by atoms with van der Waals surface area (Å²) in [6, 6.07) is 12.9. The van der Waals surface area contributed by atoms with Crippen LogP contribution in [-0.4, -0.2) is 25.2 Å². The Kier molecular flexibility index (Phi) is 3.68. The number of carbonyl (C=O) groups excluding carboxylic acids is 1. The van der Waals surface area contributed by atoms with Crippen molar-refractivity contribution in [3.8, 4) is 11.5 Å². The fraction of sp³-hybridized carbons (Fsp3) is 0. The number of pyridine rings is 2. The Hall–Kier alpha value is -3.19. The van der Waals surface area contributed by atoms with Crippen molar-refractivity contribution in [1.82, 2.24) is 19.3 Å². The first kappa shape index (κ1) is 14.4. The Morgan fingerprint density at radius 2 is 2.00 bits per heavy atom. The minimum atomic E-state index is -0.232. The summed E-state index contributed by atoms with van der Waals surface area (Å²) in [6.07, 6.45) is 5.14. The third-order valence-electron chi connectivity index (χ3n) is 3.44. The molecule has 7 heteroatoms. The molecular formula is C17H11N5OS. The molecule has 0 fully saturated rings. The molecule has 3 heterocycles. The fourth-order valence-corrected chi connectivity index (χ4v) is 2.84. The highest BCUT2D eigenvalue weighted by Crippen LogP contribution is 2.20. The van der Waals surface area contributed by atoms with Gasteiger partial charge < -0.3 is 0 Å². The molecule has 4 aromatic rings. The number of nitrogens with one attached hydrogen (secondary N) is 1. The van der Waals surface area contributed by atoms with Crippen LogP contribution < -0.4 is 5.32 Å². The number of carbonyl (C=O) groups is 1. The van der Waals surface area contributed by atoms with Crippen LogP contribution in [0.3, 0.4) is 0 Å². The van der Waals surface area contributed by atoms with Gasteiger partial charge in [0.2, 0.25) is 5.13 Å². The molecule has 0 radical (unpaired) electrons. The molecule has 1 amide bonds. The minimum absolute atomic E-state index is 0.232. The van der Waals surface area contributed by atoms with Gasteiger partial charge in [-0.3, -0.25) is 20.1 Å². The average molecular weight is 333 g/mol. The lowest BCUT2D eigenvalue weighted by atomic mass is 10.1. The molecule has 0 aliphatic carbocycles. The van der Waals surface area contributed by atoms with Crippen LogP contribution in [0, 0.1) is 0 Å². The maximum Gasteiger partial charge on any atom is 0.257 e. The second kappa shape index (κ2) is 6.13. The topological polar surface area (TPSA) is 80.7 Å². The first-order valence-corrected chi connectivity index (χ1v) is 7.97. The lowest BCUT2D eigenvalue weighted by Crippen LogP contribution is -2.11. The smallest absolute Gasteiger partial charge is 0.257 e. The molecule has 0 aliphatic rings. The van der Waals surface area contributed by atoms with Crippen LogP contribution in [-0.2, 0) is 0 Å². The van der Waals surface area contributed by atoms with Crippen LogP contribution in [0.25, 0.3) is 22.3 Å². The Balaban J connectivity index is 1.56. The lowest BCUT2D eigenvalue weighted by molar-refractivity contribution is 0.102. The Morgan fingerprint density at radius 3 is 2.88 bits per heavy atom. The number of nitrogens with zero attached hydrogens (tertiary/aromatic N) is 4. The summed E-state index contributed by atoms with van der Waals surface area (Å²) in [4.78, 5) is 25.0. The van der Waals surface area contributed by atoms with Gasteiger partial charge in [0.05, 0.1) is 0 Å². The van der Waals surface area contributed by atoms with Crippen molar-refractivity contribution in [3.63, 3.8) is 0 Å². The van der Waals surface area contributed by atoms with Crippen LogP contribution in [0.4, 0.5) is 5.13 Å². The molecule has 3 aromatic heterocycles. The van der Waals surface area contributed by atoms with Gasteiger partial charge in [0.1, 0.15) is 5.69 Å². The number of fused-ring (bicyclic) bond motifs is 1. The quantitative estimate of drug-likeness (QED) is 0.621. The standard InChI is InChI=1S/C17H11N5OS/c23-16(12-5-4-11-6-8-18-10-13(11)9-12)21-17-20-15(22-24-17)14-3-1-2-7-19-14/h1-10H,(H,20,21,22,23). The number of hydrogen-bond acceptors (Lipinski definition) is 6. The van der Waals surface area contributed by atoms with Crippen molar-refractivity contribution in [1.29, 1.82) is 0 Å². The number of anilines is 1. The third kappa shape index (κ3) is 2.84. The van der Waals surface area contributed by atoms with E-state index in [0.717, 1.165) is 22.3 Å². The fourth-order valence-electron chi connectivity index (χ4n) is 2.27. The van der Waals surface area contributed by atoms with Crippen LogP contribution in [0.1, 0.15) is 10.4 Å². The van der Waals surface area contributed by atoms with Gasteiger partial charge in [0.15, 0.2) is 5.82 Å². The van der Waals surface area contributed by atoms with Crippen molar-refractivity contribution < 1.29 is 4.79 Å². The zero-order valence-corrected chi connectivity index (χ0v) is 13.2. The van der Waals surface area contributed by atoms with E-state index in [4.69, 9.17) is 0 Å². The van der Waals surface area contributed by atoms with E-state index in [1.165, 1.54) is 0 Å². The molecule has 6 nitrogen and oxygen atoms in total. The average Bonchev–Trinajstić information content (AvgIpc) is 3.10. The molecule has 1 aromatic carbocycles. The zero-order chi connectivity index (χ0) is 16.4. The lowest BCUT2D eigenvalue weighted by Gasteiger charge is -2.03. The Morgan fingerprint density at radius 1 is 1.04 bits per heavy atom. The first-order valence-electron chi connectivity index (χ1n) is 7.20. The van der Waals surface area contributed by atoms with Gasteiger partial charge >= 0.3 is 0 Å². The molecule has 1 N–H and O–H groups in total. The number of amides is 1. The van der Waals surface area contributed by atoms with Gasteiger partial charge in [-0.2, -0.15) is 9.36 Å². The van der Waals surface area contributed by atoms with E-state index >= 15 is 0 Å². The second-order valence-electron chi connectivity index (χ2n) is 5.03. The molecule has 116 valence electrons. The SMILES string of the molecule is O=C(Nc1nc(-c2ccccn2)ns1)c1ccc2ccncc2c1. The molecule has 4 rings (SSSR count). The van der Waals surface area contributed by atoms with Gasteiger partial charge in [-0.1, -0.05) is 12.1 Å². The molecule has 0 atom stereocenters. The van der Waals surface area contributed by atoms with Gasteiger partial charge in [-0.15, -0.1) is 0 Å². The van der Waals surface area contributed by atoms with Gasteiger partial charge in [-0.25, -0.2) is 0 Å². The predicted molar refractivity (Wildman–Crippen MR) is 92.8 cm³/mol. The number of hydrogen-bond donors (Lipinski definition) is 1. The number of benzene rings is 1. The first-order chi connectivity index (χ1) is 11.8. The predicted octanol–water partition coefficient (Wildman–Crippen LogP) is 3.40. The largest absolute Gasteiger partial charge is 0.297 e. The summed E-state index contributed by atoms with van der Waals surface area (Å²) in [5.74, 6) is 0.267. The highest BCUT2D eigenvalue weighted by atomic mass is 32.1. The van der Waals surface area contributed by atoms with E-state index in [2.05, 4.69) is 24.6 Å². The summed E-state index contributed by atoms with van der Waals surface area (Å²) < 4.78 is 4.23. The molecule has 0 unspecified atom stereocenters. The summed E-state index contributed by atoms with van der Waals surface area (Å²) in [5.41, 5.74) is 1.22. The maximum absolute atomic E-state index is 12.4. The second-order valence-corrected chi connectivity index (χ2v) is 5.78. The molecule has 0 spiro atoms. The maximum atomic E-state index is 12.4. The zero-order valence-electron chi connectivity index (χ0n) is 12.4. The van der Waals surface area contributed by atoms with Crippen LogP contribution in [0.2, 0.25) is 0 Å². The van der Waals surface area contributed by atoms with Crippen molar-refractivity contribution >= 4 is 33.3 Å². The monoisotopic (exact) mass is 333 g/mol. The van der Waals surface area contributed by atoms with Crippen LogP contribution >= 0.6 is 11.5 Å². The summed E-state index contributed by atoms with van der Waals surface area (Å²) in [6.45, 7) is 0. The van der Waals surface area contributed by atoms with Gasteiger partial charge in [0.25, 0.3) is 5.91 Å². The van der Waals surface area contributed by atoms with E-state index in [1.807, 2.05) is 30.3 Å². The molecule has 24 heavy (non-hydrogen) atoms. The summed E-state index contributed by atoms with van der Waals surface area (Å²) in [5, 5.41) is 5.16. The van der Waals surface area contributed by atoms with E-state index < -0.39 is 0 Å². The summed E-state index contributed by atoms with van der Waals surface area (Å²) >= 11 is 1.13. The highest BCUT2D eigenvalue weighted by Gasteiger charge is 2.12. The molecule has 0 bridgehead atoms. The molecule has 0 saturated heterocycles. The van der Waals surface area contributed by atoms with E-state index in [1.54, 1.807) is 30.7 Å². The van der Waals surface area contributed by atoms with Crippen LogP contribution in [0.15, 0.2) is 61.1 Å². The molecule has 0 aliphatic heterocycles. The minimum Gasteiger partial charge on any atom is -0.297 e. The Bertz CT molecular complexity index is 1020. The summed E-state index contributed by atoms with van der Waals surface area (Å²) in [7, 11) is 0. The van der Waals surface area contributed by atoms with Crippen molar-refractivity contribution in [2.24, 2.45) is 0 Å². The van der Waals surface area contributed by atoms with Gasteiger partial charge in [0, 0.05) is 41.1 Å². The number of rotatable bonds is 3. The van der Waals surface area contributed by atoms with E-state index in [-0.39, 0.29) is 5.91 Å². The van der Waals surface area contributed by atoms with Crippen LogP contribution in [0.5, 0.6) is 0 Å². The molecular weight excluding hydrogens is 322 g/mol. The van der Waals surface area contributed by atoms with Gasteiger partial charge in [-0.05, 0) is 35.7 Å². The van der Waals surface area contributed by atoms with E-state index in [0.29, 0.717) is 22.2 Å². The van der Waals surface area contributed by atoms with E-state index in [9.17, 15) is 4.79 Å². The van der Waals surface area contributed by atoms with Crippen molar-refractivity contribution in [2.45, 2.75) is 0 Å². The highest BCUT2D eigenvalue weighted by molar-refractivity contribution is 7.10. The number of aromatic nitrogens is 4. The third-order valence-corrected chi connectivity index (χ3v) is 4.07. The Labute approximate surface area is 141 Å². The molecule has 0 saturated carbocycles.